The second kappa shape index (κ2) is 9.35. The van der Waals surface area contributed by atoms with Crippen molar-refractivity contribution in [2.45, 2.75) is 0 Å². The van der Waals surface area contributed by atoms with Crippen molar-refractivity contribution in [3.63, 3.8) is 0 Å². The van der Waals surface area contributed by atoms with Gasteiger partial charge in [0.25, 0.3) is 5.91 Å². The third kappa shape index (κ3) is 5.19. The lowest BCUT2D eigenvalue weighted by molar-refractivity contribution is 0.0780. The Balaban J connectivity index is 2.05. The van der Waals surface area contributed by atoms with E-state index in [-0.39, 0.29) is 18.4 Å². The number of para-hydroxylation sites is 1. The van der Waals surface area contributed by atoms with Crippen molar-refractivity contribution >= 4 is 11.6 Å². The Morgan fingerprint density at radius 2 is 1.73 bits per heavy atom. The van der Waals surface area contributed by atoms with E-state index < -0.39 is 0 Å². The lowest BCUT2D eigenvalue weighted by Crippen LogP contribution is -2.35. The molecule has 6 nitrogen and oxygen atoms in total. The van der Waals surface area contributed by atoms with E-state index in [0.717, 1.165) is 30.9 Å². The van der Waals surface area contributed by atoms with Crippen LogP contribution in [-0.4, -0.2) is 100 Å². The summed E-state index contributed by atoms with van der Waals surface area (Å²) in [6.07, 6.45) is 0. The predicted molar refractivity (Wildman–Crippen MR) is 107 cm³/mol. The Morgan fingerprint density at radius 1 is 1.08 bits per heavy atom. The number of amides is 1. The SMILES string of the molecule is CN(C)CCN(C)C[C@@H]1CN(C(=O)c2ccccc2N(C)C)C[C@@H]1CO. The molecule has 26 heavy (non-hydrogen) atoms. The van der Waals surface area contributed by atoms with Crippen molar-refractivity contribution in [1.82, 2.24) is 14.7 Å². The van der Waals surface area contributed by atoms with Crippen LogP contribution in [0.4, 0.5) is 5.69 Å². The standard InChI is InChI=1S/C20H34N4O2/c1-21(2)10-11-23(5)12-16-13-24(14-17(16)15-25)20(26)18-8-6-7-9-19(18)22(3)4/h6-9,16-17,25H,10-15H2,1-5H3/t16-,17-/m1/s1. The summed E-state index contributed by atoms with van der Waals surface area (Å²) in [5.41, 5.74) is 1.67. The molecule has 146 valence electrons. The van der Waals surface area contributed by atoms with Crippen molar-refractivity contribution in [2.24, 2.45) is 11.8 Å². The molecule has 2 atom stereocenters. The van der Waals surface area contributed by atoms with E-state index in [2.05, 4.69) is 30.9 Å². The van der Waals surface area contributed by atoms with Gasteiger partial charge in [0, 0.05) is 65.0 Å². The zero-order valence-corrected chi connectivity index (χ0v) is 16.9. The molecule has 0 bridgehead atoms. The van der Waals surface area contributed by atoms with E-state index in [4.69, 9.17) is 0 Å². The summed E-state index contributed by atoms with van der Waals surface area (Å²) in [6, 6.07) is 7.73. The maximum absolute atomic E-state index is 13.1. The first-order chi connectivity index (χ1) is 12.3. The maximum Gasteiger partial charge on any atom is 0.255 e. The fourth-order valence-corrected chi connectivity index (χ4v) is 3.60. The molecule has 0 unspecified atom stereocenters. The smallest absolute Gasteiger partial charge is 0.255 e. The number of aliphatic hydroxyl groups is 1. The predicted octanol–water partition coefficient (Wildman–Crippen LogP) is 0.927. The van der Waals surface area contributed by atoms with Crippen molar-refractivity contribution < 1.29 is 9.90 Å². The van der Waals surface area contributed by atoms with Gasteiger partial charge in [-0.15, -0.1) is 0 Å². The van der Waals surface area contributed by atoms with Crippen LogP contribution >= 0.6 is 0 Å². The number of rotatable bonds is 8. The minimum atomic E-state index is 0.0613. The first-order valence-electron chi connectivity index (χ1n) is 9.33. The minimum absolute atomic E-state index is 0.0613. The van der Waals surface area contributed by atoms with Crippen LogP contribution < -0.4 is 4.90 Å². The average Bonchev–Trinajstić information content (AvgIpc) is 3.02. The molecule has 1 N–H and O–H groups in total. The van der Waals surface area contributed by atoms with Gasteiger partial charge in [-0.1, -0.05) is 12.1 Å². The zero-order chi connectivity index (χ0) is 19.3. The highest BCUT2D eigenvalue weighted by atomic mass is 16.3. The molecule has 6 heteroatoms. The summed E-state index contributed by atoms with van der Waals surface area (Å²) >= 11 is 0. The number of hydrogen-bond acceptors (Lipinski definition) is 5. The van der Waals surface area contributed by atoms with Gasteiger partial charge < -0.3 is 24.7 Å². The number of anilines is 1. The molecule has 1 aliphatic rings. The highest BCUT2D eigenvalue weighted by Gasteiger charge is 2.36. The largest absolute Gasteiger partial charge is 0.396 e. The summed E-state index contributed by atoms with van der Waals surface area (Å²) in [4.78, 5) is 21.4. The number of carbonyl (C=O) groups is 1. The van der Waals surface area contributed by atoms with Crippen LogP contribution in [-0.2, 0) is 0 Å². The average molecular weight is 363 g/mol. The molecule has 0 spiro atoms. The lowest BCUT2D eigenvalue weighted by atomic mass is 9.96. The molecule has 1 amide bonds. The third-order valence-corrected chi connectivity index (χ3v) is 5.19. The molecule has 1 saturated heterocycles. The highest BCUT2D eigenvalue weighted by molar-refractivity contribution is 5.99. The van der Waals surface area contributed by atoms with Crippen molar-refractivity contribution in [1.29, 1.82) is 0 Å². The zero-order valence-electron chi connectivity index (χ0n) is 16.9. The Hall–Kier alpha value is -1.63. The van der Waals surface area contributed by atoms with E-state index >= 15 is 0 Å². The number of likely N-dealkylation sites (tertiary alicyclic amines) is 1. The molecule has 1 heterocycles. The van der Waals surface area contributed by atoms with Crippen molar-refractivity contribution in [3.05, 3.63) is 29.8 Å². The molecule has 0 aromatic heterocycles. The molecular formula is C20H34N4O2. The highest BCUT2D eigenvalue weighted by Crippen LogP contribution is 2.28. The van der Waals surface area contributed by atoms with E-state index in [1.54, 1.807) is 0 Å². The van der Waals surface area contributed by atoms with Crippen molar-refractivity contribution in [3.8, 4) is 0 Å². The summed E-state index contributed by atoms with van der Waals surface area (Å²) < 4.78 is 0. The fourth-order valence-electron chi connectivity index (χ4n) is 3.60. The van der Waals surface area contributed by atoms with E-state index in [1.807, 2.05) is 48.2 Å². The number of carbonyl (C=O) groups excluding carboxylic acids is 1. The van der Waals surface area contributed by atoms with Gasteiger partial charge in [-0.25, -0.2) is 0 Å². The summed E-state index contributed by atoms with van der Waals surface area (Å²) in [6.45, 7) is 4.36. The third-order valence-electron chi connectivity index (χ3n) is 5.19. The topological polar surface area (TPSA) is 50.3 Å². The first kappa shape index (κ1) is 20.7. The van der Waals surface area contributed by atoms with E-state index in [9.17, 15) is 9.90 Å². The molecule has 1 aromatic rings. The normalized spacial score (nSPS) is 20.2. The molecule has 1 aliphatic heterocycles. The van der Waals surface area contributed by atoms with E-state index in [0.29, 0.717) is 19.0 Å². The molecule has 0 aliphatic carbocycles. The van der Waals surface area contributed by atoms with Gasteiger partial charge in [0.05, 0.1) is 5.56 Å². The second-order valence-electron chi connectivity index (χ2n) is 7.89. The van der Waals surface area contributed by atoms with Gasteiger partial charge in [0.2, 0.25) is 0 Å². The van der Waals surface area contributed by atoms with Gasteiger partial charge in [0.15, 0.2) is 0 Å². The number of aliphatic hydroxyl groups excluding tert-OH is 1. The van der Waals surface area contributed by atoms with E-state index in [1.165, 1.54) is 0 Å². The molecule has 0 saturated carbocycles. The fraction of sp³-hybridized carbons (Fsp3) is 0.650. The van der Waals surface area contributed by atoms with Gasteiger partial charge >= 0.3 is 0 Å². The first-order valence-corrected chi connectivity index (χ1v) is 9.33. The van der Waals surface area contributed by atoms with Crippen LogP contribution in [0, 0.1) is 11.8 Å². The number of likely N-dealkylation sites (N-methyl/N-ethyl adjacent to an activating group) is 2. The summed E-state index contributed by atoms with van der Waals surface area (Å²) in [7, 11) is 10.2. The maximum atomic E-state index is 13.1. The van der Waals surface area contributed by atoms with Gasteiger partial charge in [-0.05, 0) is 39.2 Å². The van der Waals surface area contributed by atoms with Crippen LogP contribution in [0.2, 0.25) is 0 Å². The van der Waals surface area contributed by atoms with Crippen LogP contribution in [0.5, 0.6) is 0 Å². The summed E-state index contributed by atoms with van der Waals surface area (Å²) in [5, 5.41) is 9.81. The van der Waals surface area contributed by atoms with Crippen LogP contribution in [0.3, 0.4) is 0 Å². The second-order valence-corrected chi connectivity index (χ2v) is 7.89. The van der Waals surface area contributed by atoms with Crippen molar-refractivity contribution in [2.75, 3.05) is 79.5 Å². The molecule has 0 radical (unpaired) electrons. The van der Waals surface area contributed by atoms with Gasteiger partial charge in [0.1, 0.15) is 0 Å². The van der Waals surface area contributed by atoms with Crippen LogP contribution in [0.1, 0.15) is 10.4 Å². The van der Waals surface area contributed by atoms with Crippen LogP contribution in [0.25, 0.3) is 0 Å². The quantitative estimate of drug-likeness (QED) is 0.746. The number of hydrogen-bond donors (Lipinski definition) is 1. The van der Waals surface area contributed by atoms with Crippen LogP contribution in [0.15, 0.2) is 24.3 Å². The summed E-state index contributed by atoms with van der Waals surface area (Å²) in [5.74, 6) is 0.515. The number of benzene rings is 1. The Morgan fingerprint density at radius 3 is 2.35 bits per heavy atom. The van der Waals surface area contributed by atoms with Gasteiger partial charge in [-0.2, -0.15) is 0 Å². The Kier molecular flexibility index (Phi) is 7.43. The minimum Gasteiger partial charge on any atom is -0.396 e. The molecular weight excluding hydrogens is 328 g/mol. The molecule has 1 aromatic carbocycles. The monoisotopic (exact) mass is 362 g/mol. The Bertz CT molecular complexity index is 591. The number of nitrogens with zero attached hydrogens (tertiary/aromatic N) is 4. The Labute approximate surface area is 158 Å². The lowest BCUT2D eigenvalue weighted by Gasteiger charge is -2.25. The molecule has 2 rings (SSSR count). The molecule has 1 fully saturated rings. The van der Waals surface area contributed by atoms with Gasteiger partial charge in [-0.3, -0.25) is 4.79 Å².